The van der Waals surface area contributed by atoms with Crippen LogP contribution in [0.25, 0.3) is 17.0 Å². The van der Waals surface area contributed by atoms with E-state index in [-0.39, 0.29) is 30.2 Å². The number of anilines is 3. The van der Waals surface area contributed by atoms with Gasteiger partial charge in [0.1, 0.15) is 11.7 Å². The molecule has 7 heterocycles. The summed E-state index contributed by atoms with van der Waals surface area (Å²) in [6, 6.07) is 8.50. The van der Waals surface area contributed by atoms with Gasteiger partial charge in [0.15, 0.2) is 5.65 Å². The van der Waals surface area contributed by atoms with Crippen molar-refractivity contribution in [2.75, 3.05) is 41.7 Å². The predicted molar refractivity (Wildman–Crippen MR) is 229 cm³/mol. The molecule has 1 aromatic carbocycles. The third kappa shape index (κ3) is 8.58. The highest BCUT2D eigenvalue weighted by atomic mass is 16.2. The minimum absolute atomic E-state index is 0.174. The van der Waals surface area contributed by atoms with Gasteiger partial charge < -0.3 is 25.3 Å². The molecule has 0 radical (unpaired) electrons. The van der Waals surface area contributed by atoms with Crippen molar-refractivity contribution in [2.24, 2.45) is 0 Å². The van der Waals surface area contributed by atoms with Crippen LogP contribution in [0.4, 0.5) is 21.9 Å². The Balaban J connectivity index is 0.685. The van der Waals surface area contributed by atoms with E-state index in [2.05, 4.69) is 46.2 Å². The third-order valence-electron chi connectivity index (χ3n) is 12.6. The molecule has 18 heteroatoms. The first kappa shape index (κ1) is 40.7. The number of unbranched alkanes of at least 4 members (excludes halogenated alkanes) is 3. The van der Waals surface area contributed by atoms with Crippen LogP contribution in [0.15, 0.2) is 55.1 Å². The zero-order chi connectivity index (χ0) is 42.7. The number of piperidine rings is 1. The molecule has 3 aliphatic heterocycles. The number of nitrogens with one attached hydrogen (secondary N) is 3. The fourth-order valence-electron chi connectivity index (χ4n) is 9.32. The van der Waals surface area contributed by atoms with Gasteiger partial charge in [-0.3, -0.25) is 34.2 Å². The number of rotatable bonds is 13. The number of piperazine rings is 1. The minimum atomic E-state index is -0.636. The van der Waals surface area contributed by atoms with E-state index < -0.39 is 11.9 Å². The summed E-state index contributed by atoms with van der Waals surface area (Å²) in [6.45, 7) is 5.65. The molecule has 1 unspecified atom stereocenters. The van der Waals surface area contributed by atoms with E-state index in [0.717, 1.165) is 79.5 Å². The Hall–Kier alpha value is -6.72. The lowest BCUT2D eigenvalue weighted by Crippen LogP contribution is -2.52. The Kier molecular flexibility index (Phi) is 11.6. The average Bonchev–Trinajstić information content (AvgIpc) is 4.11. The highest BCUT2D eigenvalue weighted by Crippen LogP contribution is 2.38. The van der Waals surface area contributed by atoms with Crippen molar-refractivity contribution in [3.8, 4) is 11.4 Å². The third-order valence-corrected chi connectivity index (χ3v) is 12.6. The number of aromatic nitrogens is 7. The summed E-state index contributed by atoms with van der Waals surface area (Å²) in [7, 11) is 0. The van der Waals surface area contributed by atoms with E-state index >= 15 is 0 Å². The first-order valence-electron chi connectivity index (χ1n) is 21.8. The lowest BCUT2D eigenvalue weighted by molar-refractivity contribution is -0.137. The number of hydrogen-bond donors (Lipinski definition) is 3. The maximum absolute atomic E-state index is 13.1. The maximum atomic E-state index is 13.1. The monoisotopic (exact) mass is 841 g/mol. The van der Waals surface area contributed by atoms with Gasteiger partial charge in [-0.15, -0.1) is 5.10 Å². The fourth-order valence-corrected chi connectivity index (χ4v) is 9.32. The van der Waals surface area contributed by atoms with Gasteiger partial charge in [0.25, 0.3) is 5.91 Å². The molecule has 18 nitrogen and oxygen atoms in total. The van der Waals surface area contributed by atoms with Crippen molar-refractivity contribution in [3.63, 3.8) is 0 Å². The number of aryl methyl sites for hydroxylation is 2. The molecule has 1 saturated carbocycles. The van der Waals surface area contributed by atoms with E-state index in [4.69, 9.17) is 0 Å². The van der Waals surface area contributed by atoms with Gasteiger partial charge in [-0.2, -0.15) is 5.10 Å². The van der Waals surface area contributed by atoms with Crippen LogP contribution in [0.2, 0.25) is 0 Å². The van der Waals surface area contributed by atoms with Crippen LogP contribution in [-0.4, -0.2) is 106 Å². The normalized spacial score (nSPS) is 18.1. The number of nitrogens with zero attached hydrogens (tertiary/aromatic N) is 10. The predicted octanol–water partition coefficient (Wildman–Crippen LogP) is 5.05. The first-order chi connectivity index (χ1) is 30.2. The van der Waals surface area contributed by atoms with Crippen LogP contribution < -0.4 is 20.9 Å². The van der Waals surface area contributed by atoms with E-state index in [9.17, 15) is 24.0 Å². The molecule has 3 fully saturated rings. The van der Waals surface area contributed by atoms with Crippen LogP contribution in [0, 0.1) is 6.92 Å². The standard InChI is InChI=1S/C44H51N13O5/c1-28-22-31(48-44(62)49-34-25-45-37-15-16-47-57(37)41(34)29-8-5-6-9-29)24-46-40(28)35-27-55(52-51-35)17-7-3-2-4-10-39(59)54-20-18-53(19-21-54)32-11-12-33-30(23-32)26-56(43(33)61)36-13-14-38(58)50-42(36)60/h11-12,15-16,22-25,27,29,36H,2-10,13-14,17-21,26H2,1H3,(H2,48,49,62)(H,50,58,60). The Labute approximate surface area is 358 Å². The number of fused-ring (bicyclic) bond motifs is 2. The number of hydrogen-bond acceptors (Lipinski definition) is 11. The highest BCUT2D eigenvalue weighted by molar-refractivity contribution is 6.05. The average molecular weight is 842 g/mol. The lowest BCUT2D eigenvalue weighted by Gasteiger charge is -2.36. The van der Waals surface area contributed by atoms with E-state index in [1.54, 1.807) is 23.5 Å². The van der Waals surface area contributed by atoms with Crippen molar-refractivity contribution in [1.29, 1.82) is 0 Å². The quantitative estimate of drug-likeness (QED) is 0.106. The zero-order valence-electron chi connectivity index (χ0n) is 34.9. The second-order valence-corrected chi connectivity index (χ2v) is 16.7. The molecule has 3 N–H and O–H groups in total. The molecule has 1 aliphatic carbocycles. The Bertz CT molecular complexity index is 2520. The van der Waals surface area contributed by atoms with Crippen molar-refractivity contribution in [1.82, 2.24) is 49.7 Å². The van der Waals surface area contributed by atoms with Gasteiger partial charge in [0.05, 0.1) is 47.6 Å². The van der Waals surface area contributed by atoms with Crippen LogP contribution in [0.3, 0.4) is 0 Å². The Morgan fingerprint density at radius 3 is 2.53 bits per heavy atom. The number of carbonyl (C=O) groups is 5. The molecule has 322 valence electrons. The second-order valence-electron chi connectivity index (χ2n) is 16.7. The van der Waals surface area contributed by atoms with Crippen LogP contribution in [0.5, 0.6) is 0 Å². The van der Waals surface area contributed by atoms with Gasteiger partial charge >= 0.3 is 6.03 Å². The number of imide groups is 1. The van der Waals surface area contributed by atoms with Crippen LogP contribution in [-0.2, 0) is 27.5 Å². The van der Waals surface area contributed by atoms with Crippen LogP contribution >= 0.6 is 0 Å². The van der Waals surface area contributed by atoms with E-state index in [1.165, 1.54) is 0 Å². The Morgan fingerprint density at radius 2 is 1.73 bits per heavy atom. The summed E-state index contributed by atoms with van der Waals surface area (Å²) in [5.74, 6) is -0.406. The molecule has 62 heavy (non-hydrogen) atoms. The first-order valence-corrected chi connectivity index (χ1v) is 21.8. The summed E-state index contributed by atoms with van der Waals surface area (Å²) in [6.07, 6.45) is 16.1. The molecule has 0 spiro atoms. The molecule has 5 aromatic rings. The lowest BCUT2D eigenvalue weighted by atomic mass is 10.0. The topological polar surface area (TPSA) is 205 Å². The summed E-state index contributed by atoms with van der Waals surface area (Å²) in [5, 5.41) is 21.4. The summed E-state index contributed by atoms with van der Waals surface area (Å²) in [5.41, 5.74) is 7.64. The Morgan fingerprint density at radius 1 is 0.903 bits per heavy atom. The van der Waals surface area contributed by atoms with Crippen molar-refractivity contribution >= 4 is 52.4 Å². The van der Waals surface area contributed by atoms with Gasteiger partial charge in [-0.25, -0.2) is 14.3 Å². The molecule has 4 aromatic heterocycles. The van der Waals surface area contributed by atoms with Crippen molar-refractivity contribution in [3.05, 3.63) is 77.5 Å². The molecule has 6 amide bonds. The van der Waals surface area contributed by atoms with Gasteiger partial charge in [0, 0.05) is 75.3 Å². The van der Waals surface area contributed by atoms with Gasteiger partial charge in [0.2, 0.25) is 17.7 Å². The fraction of sp³-hybridized carbons (Fsp3) is 0.455. The molecular weight excluding hydrogens is 791 g/mol. The number of amides is 6. The molecule has 2 saturated heterocycles. The maximum Gasteiger partial charge on any atom is 0.323 e. The molecule has 4 aliphatic rings. The summed E-state index contributed by atoms with van der Waals surface area (Å²) in [4.78, 5) is 78.1. The van der Waals surface area contributed by atoms with E-state index in [1.807, 2.05) is 57.5 Å². The minimum Gasteiger partial charge on any atom is -0.368 e. The molecule has 9 rings (SSSR count). The summed E-state index contributed by atoms with van der Waals surface area (Å²) >= 11 is 0. The SMILES string of the molecule is Cc1cc(NC(=O)Nc2cnc3ccnn3c2C2CCCC2)cnc1-c1cn(CCCCCCC(=O)N2CCN(c3ccc4c(c3)CN(C3CCC(=O)NC3=O)C4=O)CC2)nn1. The molecule has 0 bridgehead atoms. The highest BCUT2D eigenvalue weighted by Gasteiger charge is 2.39. The molecule has 1 atom stereocenters. The van der Waals surface area contributed by atoms with E-state index in [0.29, 0.717) is 86.4 Å². The zero-order valence-corrected chi connectivity index (χ0v) is 34.9. The van der Waals surface area contributed by atoms with Crippen LogP contribution in [0.1, 0.15) is 104 Å². The number of carbonyl (C=O) groups excluding carboxylic acids is 5. The summed E-state index contributed by atoms with van der Waals surface area (Å²) < 4.78 is 3.65. The number of benzene rings is 1. The van der Waals surface area contributed by atoms with Crippen molar-refractivity contribution in [2.45, 2.75) is 103 Å². The largest absolute Gasteiger partial charge is 0.368 e. The van der Waals surface area contributed by atoms with Gasteiger partial charge in [-0.05, 0) is 74.4 Å². The van der Waals surface area contributed by atoms with Crippen molar-refractivity contribution < 1.29 is 24.0 Å². The smallest absolute Gasteiger partial charge is 0.323 e. The van der Waals surface area contributed by atoms with Gasteiger partial charge in [-0.1, -0.05) is 30.9 Å². The number of urea groups is 1. The molecular formula is C44H51N13O5. The second kappa shape index (κ2) is 17.7. The number of pyridine rings is 1.